The molecule has 0 aliphatic rings. The monoisotopic (exact) mass is 303 g/mol. The highest BCUT2D eigenvalue weighted by molar-refractivity contribution is 14.1. The lowest BCUT2D eigenvalue weighted by Gasteiger charge is -2.48. The summed E-state index contributed by atoms with van der Waals surface area (Å²) in [5, 5.41) is 0. The smallest absolute Gasteiger partial charge is 0.0331 e. The average Bonchev–Trinajstić information content (AvgIpc) is 1.98. The van der Waals surface area contributed by atoms with Crippen molar-refractivity contribution >= 4 is 33.5 Å². The molecule has 12 heavy (non-hydrogen) atoms. The second kappa shape index (κ2) is 5.43. The first-order valence-electron chi connectivity index (χ1n) is 3.69. The van der Waals surface area contributed by atoms with Crippen LogP contribution >= 0.6 is 33.5 Å². The van der Waals surface area contributed by atoms with Crippen LogP contribution in [0.1, 0.15) is 0 Å². The van der Waals surface area contributed by atoms with Gasteiger partial charge in [-0.1, -0.05) is 16.7 Å². The molecule has 3 nitrogen and oxygen atoms in total. The number of rotatable bonds is 5. The van der Waals surface area contributed by atoms with Crippen molar-refractivity contribution in [3.05, 3.63) is 12.7 Å². The molecule has 0 saturated carbocycles. The summed E-state index contributed by atoms with van der Waals surface area (Å²) in [6.45, 7) is 3.78. The fourth-order valence-corrected chi connectivity index (χ4v) is 5.23. The molecule has 1 atom stereocenters. The topological polar surface area (TPSA) is 18.5 Å². The Balaban J connectivity index is 4.62. The Morgan fingerprint density at radius 3 is 2.08 bits per heavy atom. The fraction of sp³-hybridized carbons (Fsp3) is 0.714. The molecule has 0 bridgehead atoms. The Morgan fingerprint density at radius 1 is 1.50 bits per heavy atom. The van der Waals surface area contributed by atoms with Gasteiger partial charge in [-0.05, 0) is 21.1 Å². The molecular weight excluding hydrogens is 285 g/mol. The molecule has 0 aromatic rings. The second-order valence-electron chi connectivity index (χ2n) is 2.56. The second-order valence-corrected chi connectivity index (χ2v) is 8.01. The van der Waals surface area contributed by atoms with Crippen LogP contribution in [-0.4, -0.2) is 40.8 Å². The van der Waals surface area contributed by atoms with Crippen LogP contribution in [0.25, 0.3) is 0 Å². The molecule has 0 heterocycles. The minimum Gasteiger partial charge on any atom is -0.260 e. The van der Waals surface area contributed by atoms with Crippen molar-refractivity contribution in [3.8, 4) is 0 Å². The summed E-state index contributed by atoms with van der Waals surface area (Å²) in [6.07, 6.45) is 1.96. The summed E-state index contributed by atoms with van der Waals surface area (Å²) in [5.41, 5.74) is 0. The van der Waals surface area contributed by atoms with Crippen molar-refractivity contribution in [2.45, 2.75) is 0 Å². The summed E-state index contributed by atoms with van der Waals surface area (Å²) in [4.78, 5) is 0. The zero-order valence-electron chi connectivity index (χ0n) is 8.17. The molecular formula is C7H18IN3S. The molecule has 1 unspecified atom stereocenters. The minimum atomic E-state index is -1.03. The highest BCUT2D eigenvalue weighted by Crippen LogP contribution is 2.49. The van der Waals surface area contributed by atoms with E-state index in [2.05, 4.69) is 62.1 Å². The Bertz CT molecular complexity index is 142. The van der Waals surface area contributed by atoms with Gasteiger partial charge in [0.1, 0.15) is 0 Å². The molecule has 5 heteroatoms. The van der Waals surface area contributed by atoms with Crippen LogP contribution in [0.5, 0.6) is 0 Å². The summed E-state index contributed by atoms with van der Waals surface area (Å²) in [6, 6.07) is 0. The number of hydrogen-bond donors (Lipinski definition) is 1. The van der Waals surface area contributed by atoms with Gasteiger partial charge in [0.2, 0.25) is 0 Å². The lowest BCUT2D eigenvalue weighted by Crippen LogP contribution is -2.38. The number of halogens is 1. The van der Waals surface area contributed by atoms with Gasteiger partial charge in [0.25, 0.3) is 0 Å². The zero-order chi connectivity index (χ0) is 9.78. The summed E-state index contributed by atoms with van der Waals surface area (Å²) in [7, 11) is 7.22. The zero-order valence-corrected chi connectivity index (χ0v) is 11.1. The van der Waals surface area contributed by atoms with Gasteiger partial charge in [-0.15, -0.1) is 6.58 Å². The van der Waals surface area contributed by atoms with Crippen LogP contribution in [0.2, 0.25) is 0 Å². The number of nitrogens with one attached hydrogen (secondary N) is 1. The Labute approximate surface area is 91.4 Å². The Morgan fingerprint density at radius 2 is 2.00 bits per heavy atom. The molecule has 0 spiro atoms. The molecule has 0 aromatic carbocycles. The van der Waals surface area contributed by atoms with Crippen LogP contribution in [0.3, 0.4) is 0 Å². The molecule has 0 radical (unpaired) electrons. The molecule has 0 rings (SSSR count). The van der Waals surface area contributed by atoms with E-state index in [1.807, 2.05) is 13.1 Å². The van der Waals surface area contributed by atoms with Gasteiger partial charge in [-0.3, -0.25) is 9.03 Å². The maximum absolute atomic E-state index is 3.78. The van der Waals surface area contributed by atoms with E-state index in [1.165, 1.54) is 0 Å². The fourth-order valence-electron chi connectivity index (χ4n) is 1.03. The van der Waals surface area contributed by atoms with Gasteiger partial charge in [-0.2, -0.15) is 2.52 Å². The van der Waals surface area contributed by atoms with Gasteiger partial charge in [0, 0.05) is 35.7 Å². The maximum Gasteiger partial charge on any atom is 0.0331 e. The molecule has 0 aliphatic carbocycles. The van der Waals surface area contributed by atoms with E-state index in [0.717, 1.165) is 5.75 Å². The van der Waals surface area contributed by atoms with Crippen LogP contribution in [0.15, 0.2) is 12.7 Å². The van der Waals surface area contributed by atoms with Crippen molar-refractivity contribution in [3.63, 3.8) is 0 Å². The first-order valence-corrected chi connectivity index (χ1v) is 6.37. The van der Waals surface area contributed by atoms with E-state index in [4.69, 9.17) is 0 Å². The number of nitrogens with zero attached hydrogens (tertiary/aromatic N) is 2. The van der Waals surface area contributed by atoms with Crippen LogP contribution in [0.4, 0.5) is 0 Å². The van der Waals surface area contributed by atoms with E-state index >= 15 is 0 Å². The van der Waals surface area contributed by atoms with E-state index in [-0.39, 0.29) is 0 Å². The standard InChI is InChI=1S/C7H18IN3S/c1-6-7-12(9-2,10(3)4)11(5)8/h6,9H,1,7H2,2-5H3. The van der Waals surface area contributed by atoms with E-state index in [1.54, 1.807) is 0 Å². The third-order valence-corrected chi connectivity index (χ3v) is 7.05. The van der Waals surface area contributed by atoms with E-state index in [9.17, 15) is 0 Å². The van der Waals surface area contributed by atoms with E-state index in [0.29, 0.717) is 0 Å². The molecule has 0 amide bonds. The predicted molar refractivity (Wildman–Crippen MR) is 67.2 cm³/mol. The third-order valence-electron chi connectivity index (χ3n) is 1.70. The predicted octanol–water partition coefficient (Wildman–Crippen LogP) is 1.78. The highest BCUT2D eigenvalue weighted by Gasteiger charge is 2.26. The van der Waals surface area contributed by atoms with Gasteiger partial charge in [0.05, 0.1) is 0 Å². The third kappa shape index (κ3) is 2.59. The Kier molecular flexibility index (Phi) is 5.75. The van der Waals surface area contributed by atoms with Crippen molar-refractivity contribution < 1.29 is 0 Å². The van der Waals surface area contributed by atoms with E-state index < -0.39 is 10.6 Å². The quantitative estimate of drug-likeness (QED) is 0.474. The summed E-state index contributed by atoms with van der Waals surface area (Å²) < 4.78 is 7.80. The first-order chi connectivity index (χ1) is 5.51. The van der Waals surface area contributed by atoms with Crippen molar-refractivity contribution in [2.75, 3.05) is 33.9 Å². The summed E-state index contributed by atoms with van der Waals surface area (Å²) >= 11 is 2.31. The normalized spacial score (nSPS) is 19.2. The van der Waals surface area contributed by atoms with Crippen LogP contribution in [-0.2, 0) is 0 Å². The molecule has 74 valence electrons. The van der Waals surface area contributed by atoms with Crippen molar-refractivity contribution in [1.82, 2.24) is 11.5 Å². The lowest BCUT2D eigenvalue weighted by atomic mass is 10.8. The summed E-state index contributed by atoms with van der Waals surface area (Å²) in [5.74, 6) is 0.968. The molecule has 0 aromatic heterocycles. The van der Waals surface area contributed by atoms with Gasteiger partial charge in [-0.25, -0.2) is 0 Å². The highest BCUT2D eigenvalue weighted by atomic mass is 127. The number of hydrogen-bond acceptors (Lipinski definition) is 3. The van der Waals surface area contributed by atoms with Crippen LogP contribution < -0.4 is 4.72 Å². The molecule has 1 N–H and O–H groups in total. The lowest BCUT2D eigenvalue weighted by molar-refractivity contribution is 0.638. The van der Waals surface area contributed by atoms with Crippen molar-refractivity contribution in [2.24, 2.45) is 0 Å². The minimum absolute atomic E-state index is 0.968. The largest absolute Gasteiger partial charge is 0.260 e. The van der Waals surface area contributed by atoms with Gasteiger partial charge in [0.15, 0.2) is 0 Å². The first kappa shape index (κ1) is 12.7. The molecule has 0 fully saturated rings. The molecule has 0 saturated heterocycles. The molecule has 0 aliphatic heterocycles. The maximum atomic E-state index is 3.78. The average molecular weight is 303 g/mol. The SMILES string of the molecule is C=CCS(NC)(N(C)C)N(C)I. The van der Waals surface area contributed by atoms with Gasteiger partial charge < -0.3 is 0 Å². The van der Waals surface area contributed by atoms with Gasteiger partial charge >= 0.3 is 0 Å². The van der Waals surface area contributed by atoms with Crippen LogP contribution in [0, 0.1) is 0 Å². The van der Waals surface area contributed by atoms with Crippen molar-refractivity contribution in [1.29, 1.82) is 0 Å². The Hall–Kier alpha value is 0.700.